The Bertz CT molecular complexity index is 1550. The Labute approximate surface area is 212 Å². The number of nitrogens with zero attached hydrogens (tertiary/aromatic N) is 4. The average Bonchev–Trinajstić information content (AvgIpc) is 3.57. The van der Waals surface area contributed by atoms with Crippen LogP contribution in [0.25, 0.3) is 11.0 Å². The number of furan rings is 1. The predicted octanol–water partition coefficient (Wildman–Crippen LogP) is 4.56. The van der Waals surface area contributed by atoms with Gasteiger partial charge >= 0.3 is 0 Å². The van der Waals surface area contributed by atoms with E-state index in [-0.39, 0.29) is 18.8 Å². The molecule has 0 bridgehead atoms. The van der Waals surface area contributed by atoms with E-state index in [1.54, 1.807) is 42.5 Å². The van der Waals surface area contributed by atoms with E-state index in [1.807, 2.05) is 31.2 Å². The smallest absolute Gasteiger partial charge is 0.249 e. The van der Waals surface area contributed by atoms with Crippen molar-refractivity contribution in [1.29, 1.82) is 0 Å². The second-order valence-corrected chi connectivity index (χ2v) is 8.51. The van der Waals surface area contributed by atoms with Crippen LogP contribution in [0.5, 0.6) is 0 Å². The minimum Gasteiger partial charge on any atom is -0.467 e. The van der Waals surface area contributed by atoms with Gasteiger partial charge in [0.05, 0.1) is 24.0 Å². The first-order valence-electron chi connectivity index (χ1n) is 11.7. The number of carbonyl (C=O) groups is 2. The summed E-state index contributed by atoms with van der Waals surface area (Å²) in [5.74, 6) is -1.08. The van der Waals surface area contributed by atoms with Gasteiger partial charge in [-0.05, 0) is 54.4 Å². The standard InChI is InChI=1S/C28H24FN5O3/c1-19-9-2-3-11-21(19)27(28(36)30-17-20-10-8-16-37-20)34(24-14-6-4-12-22(24)29)26(35)18-33-25-15-7-5-13-23(25)31-32-33/h2-16,27H,17-18H2,1H3,(H,30,36)/t27-/m0/s1. The van der Waals surface area contributed by atoms with Gasteiger partial charge in [-0.25, -0.2) is 9.07 Å². The van der Waals surface area contributed by atoms with E-state index in [4.69, 9.17) is 4.42 Å². The molecule has 8 nitrogen and oxygen atoms in total. The number of benzene rings is 3. The SMILES string of the molecule is Cc1ccccc1[C@@H](C(=O)NCc1ccco1)N(C(=O)Cn1nnc2ccccc21)c1ccccc1F. The lowest BCUT2D eigenvalue weighted by molar-refractivity contribution is -0.127. The Hall–Kier alpha value is -4.79. The molecule has 9 heteroatoms. The molecule has 0 aliphatic heterocycles. The third-order valence-corrected chi connectivity index (χ3v) is 6.09. The largest absolute Gasteiger partial charge is 0.467 e. The number of nitrogens with one attached hydrogen (secondary N) is 1. The zero-order chi connectivity index (χ0) is 25.8. The van der Waals surface area contributed by atoms with Crippen LogP contribution in [0.1, 0.15) is 22.9 Å². The fourth-order valence-corrected chi connectivity index (χ4v) is 4.28. The molecule has 0 spiro atoms. The number of halogens is 1. The van der Waals surface area contributed by atoms with E-state index < -0.39 is 23.7 Å². The molecule has 0 saturated carbocycles. The summed E-state index contributed by atoms with van der Waals surface area (Å²) in [5, 5.41) is 11.1. The Balaban J connectivity index is 1.58. The second kappa shape index (κ2) is 10.4. The van der Waals surface area contributed by atoms with Gasteiger partial charge in [-0.3, -0.25) is 14.5 Å². The average molecular weight is 498 g/mol. The van der Waals surface area contributed by atoms with Crippen LogP contribution in [-0.2, 0) is 22.7 Å². The minimum absolute atomic E-state index is 0.0154. The lowest BCUT2D eigenvalue weighted by Crippen LogP contribution is -2.45. The van der Waals surface area contributed by atoms with E-state index in [0.717, 1.165) is 5.56 Å². The highest BCUT2D eigenvalue weighted by atomic mass is 19.1. The molecular formula is C28H24FN5O3. The van der Waals surface area contributed by atoms with E-state index >= 15 is 4.39 Å². The van der Waals surface area contributed by atoms with Crippen molar-refractivity contribution in [2.24, 2.45) is 0 Å². The summed E-state index contributed by atoms with van der Waals surface area (Å²) in [6, 6.07) is 22.7. The molecule has 2 heterocycles. The Morgan fingerprint density at radius 1 is 1.00 bits per heavy atom. The van der Waals surface area contributed by atoms with E-state index in [9.17, 15) is 9.59 Å². The molecule has 0 aliphatic carbocycles. The zero-order valence-corrected chi connectivity index (χ0v) is 20.0. The van der Waals surface area contributed by atoms with Crippen molar-refractivity contribution in [2.75, 3.05) is 4.90 Å². The van der Waals surface area contributed by atoms with Gasteiger partial charge in [0.2, 0.25) is 11.8 Å². The third-order valence-electron chi connectivity index (χ3n) is 6.09. The molecule has 0 radical (unpaired) electrons. The van der Waals surface area contributed by atoms with Crippen LogP contribution in [0, 0.1) is 12.7 Å². The van der Waals surface area contributed by atoms with Crippen molar-refractivity contribution in [1.82, 2.24) is 20.3 Å². The first kappa shape index (κ1) is 23.9. The van der Waals surface area contributed by atoms with Gasteiger partial charge in [-0.2, -0.15) is 0 Å². The van der Waals surface area contributed by atoms with Gasteiger partial charge in [-0.1, -0.05) is 53.7 Å². The van der Waals surface area contributed by atoms with Crippen LogP contribution in [0.2, 0.25) is 0 Å². The maximum atomic E-state index is 15.2. The molecule has 2 aromatic heterocycles. The van der Waals surface area contributed by atoms with Gasteiger partial charge in [-0.15, -0.1) is 5.10 Å². The molecule has 0 unspecified atom stereocenters. The van der Waals surface area contributed by atoms with E-state index in [0.29, 0.717) is 22.4 Å². The fourth-order valence-electron chi connectivity index (χ4n) is 4.28. The molecule has 1 N–H and O–H groups in total. The number of hydrogen-bond donors (Lipinski definition) is 1. The molecule has 186 valence electrons. The van der Waals surface area contributed by atoms with Crippen molar-refractivity contribution in [2.45, 2.75) is 26.1 Å². The number of fused-ring (bicyclic) bond motifs is 1. The lowest BCUT2D eigenvalue weighted by Gasteiger charge is -2.32. The summed E-state index contributed by atoms with van der Waals surface area (Å²) in [5.41, 5.74) is 2.61. The highest BCUT2D eigenvalue weighted by Gasteiger charge is 2.35. The molecule has 2 amide bonds. The molecule has 0 saturated heterocycles. The van der Waals surface area contributed by atoms with Crippen LogP contribution in [0.3, 0.4) is 0 Å². The van der Waals surface area contributed by atoms with Gasteiger partial charge in [0.15, 0.2) is 0 Å². The zero-order valence-electron chi connectivity index (χ0n) is 20.0. The van der Waals surface area contributed by atoms with Crippen molar-refractivity contribution in [3.05, 3.63) is 114 Å². The first-order chi connectivity index (χ1) is 18.0. The summed E-state index contributed by atoms with van der Waals surface area (Å²) < 4.78 is 22.0. The van der Waals surface area contributed by atoms with Crippen molar-refractivity contribution in [3.63, 3.8) is 0 Å². The summed E-state index contributed by atoms with van der Waals surface area (Å²) in [6.07, 6.45) is 1.51. The number of aromatic nitrogens is 3. The van der Waals surface area contributed by atoms with Gasteiger partial charge in [0, 0.05) is 0 Å². The van der Waals surface area contributed by atoms with Crippen molar-refractivity contribution < 1.29 is 18.4 Å². The lowest BCUT2D eigenvalue weighted by atomic mass is 9.98. The topological polar surface area (TPSA) is 93.3 Å². The number of amides is 2. The van der Waals surface area contributed by atoms with Gasteiger partial charge in [0.1, 0.15) is 29.7 Å². The summed E-state index contributed by atoms with van der Waals surface area (Å²) >= 11 is 0. The summed E-state index contributed by atoms with van der Waals surface area (Å²) in [6.45, 7) is 1.71. The van der Waals surface area contributed by atoms with Crippen molar-refractivity contribution >= 4 is 28.5 Å². The highest BCUT2D eigenvalue weighted by Crippen LogP contribution is 2.32. The maximum absolute atomic E-state index is 15.2. The number of rotatable bonds is 8. The number of carbonyl (C=O) groups excluding carboxylic acids is 2. The summed E-state index contributed by atoms with van der Waals surface area (Å²) in [4.78, 5) is 28.9. The Morgan fingerprint density at radius 2 is 1.76 bits per heavy atom. The van der Waals surface area contributed by atoms with Crippen molar-refractivity contribution in [3.8, 4) is 0 Å². The van der Waals surface area contributed by atoms with Gasteiger partial charge < -0.3 is 9.73 Å². The Morgan fingerprint density at radius 3 is 2.54 bits per heavy atom. The minimum atomic E-state index is -1.16. The van der Waals surface area contributed by atoms with E-state index in [2.05, 4.69) is 15.6 Å². The molecular weight excluding hydrogens is 473 g/mol. The Kier molecular flexibility index (Phi) is 6.76. The van der Waals surface area contributed by atoms with Gasteiger partial charge in [0.25, 0.3) is 0 Å². The molecule has 5 rings (SSSR count). The van der Waals surface area contributed by atoms with E-state index in [1.165, 1.54) is 34.0 Å². The monoisotopic (exact) mass is 497 g/mol. The molecule has 0 aliphatic rings. The summed E-state index contributed by atoms with van der Waals surface area (Å²) in [7, 11) is 0. The molecule has 0 fully saturated rings. The second-order valence-electron chi connectivity index (χ2n) is 8.51. The fraction of sp³-hybridized carbons (Fsp3) is 0.143. The quantitative estimate of drug-likeness (QED) is 0.339. The highest BCUT2D eigenvalue weighted by molar-refractivity contribution is 6.01. The van der Waals surface area contributed by atoms with Crippen LogP contribution >= 0.6 is 0 Å². The third kappa shape index (κ3) is 4.97. The predicted molar refractivity (Wildman–Crippen MR) is 136 cm³/mol. The van der Waals surface area contributed by atoms with Crippen LogP contribution < -0.4 is 10.2 Å². The van der Waals surface area contributed by atoms with Crippen LogP contribution in [-0.4, -0.2) is 26.8 Å². The van der Waals surface area contributed by atoms with Crippen LogP contribution in [0.15, 0.2) is 95.6 Å². The number of aryl methyl sites for hydroxylation is 1. The number of anilines is 1. The number of para-hydroxylation sites is 2. The maximum Gasteiger partial charge on any atom is 0.249 e. The normalized spacial score (nSPS) is 11.8. The molecule has 37 heavy (non-hydrogen) atoms. The molecule has 3 aromatic carbocycles. The number of hydrogen-bond acceptors (Lipinski definition) is 5. The van der Waals surface area contributed by atoms with Crippen LogP contribution in [0.4, 0.5) is 10.1 Å². The first-order valence-corrected chi connectivity index (χ1v) is 11.7. The molecule has 1 atom stereocenters. The molecule has 5 aromatic rings.